The van der Waals surface area contributed by atoms with E-state index in [0.29, 0.717) is 37.2 Å². The van der Waals surface area contributed by atoms with Gasteiger partial charge in [0, 0.05) is 18.7 Å². The van der Waals surface area contributed by atoms with Gasteiger partial charge in [0.05, 0.1) is 17.7 Å². The van der Waals surface area contributed by atoms with Gasteiger partial charge in [0.15, 0.2) is 0 Å². The SMILES string of the molecule is O=C(NCc1ccc(Cn2cncn2)cc1)c1ccc2c(c1)C(=O)N(CCc1ccccc1)C2=O. The highest BCUT2D eigenvalue weighted by Gasteiger charge is 2.35. The molecule has 2 heterocycles. The summed E-state index contributed by atoms with van der Waals surface area (Å²) in [6, 6.07) is 22.2. The molecule has 0 aliphatic carbocycles. The predicted octanol–water partition coefficient (Wildman–Crippen LogP) is 3.10. The lowest BCUT2D eigenvalue weighted by atomic mass is 10.1. The van der Waals surface area contributed by atoms with Crippen LogP contribution in [0.4, 0.5) is 0 Å². The van der Waals surface area contributed by atoms with Crippen LogP contribution in [-0.4, -0.2) is 43.9 Å². The third-order valence-corrected chi connectivity index (χ3v) is 5.99. The van der Waals surface area contributed by atoms with Gasteiger partial charge in [-0.05, 0) is 41.3 Å². The van der Waals surface area contributed by atoms with E-state index < -0.39 is 0 Å². The molecule has 8 nitrogen and oxygen atoms in total. The number of rotatable bonds is 8. The van der Waals surface area contributed by atoms with Crippen LogP contribution >= 0.6 is 0 Å². The molecule has 0 saturated heterocycles. The number of aromatic nitrogens is 3. The van der Waals surface area contributed by atoms with Crippen molar-refractivity contribution in [3.05, 3.63) is 119 Å². The van der Waals surface area contributed by atoms with Gasteiger partial charge in [-0.2, -0.15) is 5.10 Å². The Labute approximate surface area is 202 Å². The van der Waals surface area contributed by atoms with E-state index in [1.807, 2.05) is 54.6 Å². The molecule has 0 fully saturated rings. The summed E-state index contributed by atoms with van der Waals surface area (Å²) in [7, 11) is 0. The summed E-state index contributed by atoms with van der Waals surface area (Å²) in [5, 5.41) is 6.97. The molecule has 3 aromatic carbocycles. The molecule has 1 aromatic heterocycles. The minimum atomic E-state index is -0.362. The monoisotopic (exact) mass is 465 g/mol. The van der Waals surface area contributed by atoms with Crippen LogP contribution in [0.15, 0.2) is 85.5 Å². The van der Waals surface area contributed by atoms with Gasteiger partial charge in [0.1, 0.15) is 12.7 Å². The maximum Gasteiger partial charge on any atom is 0.261 e. The molecule has 174 valence electrons. The van der Waals surface area contributed by atoms with E-state index in [-0.39, 0.29) is 23.3 Å². The third kappa shape index (κ3) is 4.86. The number of carbonyl (C=O) groups is 3. The molecule has 8 heteroatoms. The second-order valence-electron chi connectivity index (χ2n) is 8.35. The van der Waals surface area contributed by atoms with Crippen molar-refractivity contribution in [2.75, 3.05) is 6.54 Å². The maximum atomic E-state index is 12.9. The van der Waals surface area contributed by atoms with Gasteiger partial charge < -0.3 is 5.32 Å². The highest BCUT2D eigenvalue weighted by atomic mass is 16.2. The van der Waals surface area contributed by atoms with Crippen LogP contribution in [0.2, 0.25) is 0 Å². The average molecular weight is 466 g/mol. The lowest BCUT2D eigenvalue weighted by Crippen LogP contribution is -2.31. The van der Waals surface area contributed by atoms with E-state index in [0.717, 1.165) is 16.7 Å². The topological polar surface area (TPSA) is 97.2 Å². The van der Waals surface area contributed by atoms with Crippen LogP contribution in [0.5, 0.6) is 0 Å². The molecule has 3 amide bonds. The first-order valence-corrected chi connectivity index (χ1v) is 11.3. The maximum absolute atomic E-state index is 12.9. The number of nitrogens with one attached hydrogen (secondary N) is 1. The Kier molecular flexibility index (Phi) is 6.17. The van der Waals surface area contributed by atoms with Crippen LogP contribution in [-0.2, 0) is 19.5 Å². The number of imide groups is 1. The lowest BCUT2D eigenvalue weighted by Gasteiger charge is -2.13. The molecular formula is C27H23N5O3. The molecule has 4 aromatic rings. The fraction of sp³-hybridized carbons (Fsp3) is 0.148. The first-order valence-electron chi connectivity index (χ1n) is 11.3. The zero-order chi connectivity index (χ0) is 24.2. The van der Waals surface area contributed by atoms with Crippen molar-refractivity contribution in [2.24, 2.45) is 0 Å². The molecule has 0 saturated carbocycles. The van der Waals surface area contributed by atoms with E-state index >= 15 is 0 Å². The summed E-state index contributed by atoms with van der Waals surface area (Å²) >= 11 is 0. The van der Waals surface area contributed by atoms with Crippen molar-refractivity contribution >= 4 is 17.7 Å². The Morgan fingerprint density at radius 1 is 0.829 bits per heavy atom. The summed E-state index contributed by atoms with van der Waals surface area (Å²) in [5.74, 6) is -0.986. The van der Waals surface area contributed by atoms with Crippen LogP contribution in [0.25, 0.3) is 0 Å². The highest BCUT2D eigenvalue weighted by molar-refractivity contribution is 6.22. The first kappa shape index (κ1) is 22.2. The van der Waals surface area contributed by atoms with E-state index in [2.05, 4.69) is 15.4 Å². The second kappa shape index (κ2) is 9.72. The lowest BCUT2D eigenvalue weighted by molar-refractivity contribution is 0.0656. The van der Waals surface area contributed by atoms with E-state index in [4.69, 9.17) is 0 Å². The summed E-state index contributed by atoms with van der Waals surface area (Å²) in [6.07, 6.45) is 3.73. The number of benzene rings is 3. The van der Waals surface area contributed by atoms with Crippen molar-refractivity contribution in [1.29, 1.82) is 0 Å². The summed E-state index contributed by atoms with van der Waals surface area (Å²) in [5.41, 5.74) is 4.02. The minimum absolute atomic E-state index is 0.271. The van der Waals surface area contributed by atoms with Gasteiger partial charge in [-0.25, -0.2) is 9.67 Å². The van der Waals surface area contributed by atoms with Gasteiger partial charge in [0.25, 0.3) is 17.7 Å². The Morgan fingerprint density at radius 2 is 1.57 bits per heavy atom. The zero-order valence-corrected chi connectivity index (χ0v) is 18.9. The van der Waals surface area contributed by atoms with Crippen LogP contribution in [0.1, 0.15) is 47.8 Å². The quantitative estimate of drug-likeness (QED) is 0.404. The molecule has 0 radical (unpaired) electrons. The first-order chi connectivity index (χ1) is 17.1. The van der Waals surface area contributed by atoms with E-state index in [9.17, 15) is 14.4 Å². The zero-order valence-electron chi connectivity index (χ0n) is 18.9. The van der Waals surface area contributed by atoms with Crippen LogP contribution in [0.3, 0.4) is 0 Å². The van der Waals surface area contributed by atoms with Crippen molar-refractivity contribution < 1.29 is 14.4 Å². The Balaban J connectivity index is 1.20. The molecule has 1 N–H and O–H groups in total. The van der Waals surface area contributed by atoms with Gasteiger partial charge in [-0.3, -0.25) is 19.3 Å². The van der Waals surface area contributed by atoms with E-state index in [1.54, 1.807) is 23.1 Å². The number of amides is 3. The number of carbonyl (C=O) groups excluding carboxylic acids is 3. The Hall–Kier alpha value is -4.59. The number of nitrogens with zero attached hydrogens (tertiary/aromatic N) is 4. The van der Waals surface area contributed by atoms with E-state index in [1.165, 1.54) is 17.3 Å². The summed E-state index contributed by atoms with van der Waals surface area (Å²) < 4.78 is 1.74. The van der Waals surface area contributed by atoms with Crippen LogP contribution in [0, 0.1) is 0 Å². The number of hydrogen-bond acceptors (Lipinski definition) is 5. The van der Waals surface area contributed by atoms with Crippen molar-refractivity contribution in [3.8, 4) is 0 Å². The van der Waals surface area contributed by atoms with Gasteiger partial charge in [0.2, 0.25) is 0 Å². The fourth-order valence-electron chi connectivity index (χ4n) is 4.07. The average Bonchev–Trinajstić information content (AvgIpc) is 3.49. The largest absolute Gasteiger partial charge is 0.348 e. The molecule has 1 aliphatic rings. The van der Waals surface area contributed by atoms with Gasteiger partial charge in [-0.1, -0.05) is 54.6 Å². The Bertz CT molecular complexity index is 1370. The van der Waals surface area contributed by atoms with Crippen molar-refractivity contribution in [2.45, 2.75) is 19.5 Å². The molecule has 0 unspecified atom stereocenters. The second-order valence-corrected chi connectivity index (χ2v) is 8.35. The van der Waals surface area contributed by atoms with Gasteiger partial charge >= 0.3 is 0 Å². The highest BCUT2D eigenvalue weighted by Crippen LogP contribution is 2.24. The fourth-order valence-corrected chi connectivity index (χ4v) is 4.07. The molecule has 35 heavy (non-hydrogen) atoms. The summed E-state index contributed by atoms with van der Waals surface area (Å²) in [4.78, 5) is 43.6. The number of fused-ring (bicyclic) bond motifs is 1. The van der Waals surface area contributed by atoms with Crippen LogP contribution < -0.4 is 5.32 Å². The Morgan fingerprint density at radius 3 is 2.31 bits per heavy atom. The summed E-state index contributed by atoms with van der Waals surface area (Å²) in [6.45, 7) is 1.26. The normalized spacial score (nSPS) is 12.6. The molecule has 0 bridgehead atoms. The predicted molar refractivity (Wildman–Crippen MR) is 129 cm³/mol. The molecule has 1 aliphatic heterocycles. The van der Waals surface area contributed by atoms with Crippen molar-refractivity contribution in [1.82, 2.24) is 25.0 Å². The molecular weight excluding hydrogens is 442 g/mol. The molecule has 0 spiro atoms. The smallest absolute Gasteiger partial charge is 0.261 e. The standard InChI is InChI=1S/C27H23N5O3/c33-25(29-15-20-6-8-21(9-7-20)16-31-18-28-17-30-31)22-10-11-23-24(14-22)27(35)32(26(23)34)13-12-19-4-2-1-3-5-19/h1-11,14,17-18H,12-13,15-16H2,(H,29,33). The third-order valence-electron chi connectivity index (χ3n) is 5.99. The molecule has 0 atom stereocenters. The van der Waals surface area contributed by atoms with Crippen molar-refractivity contribution in [3.63, 3.8) is 0 Å². The molecule has 5 rings (SSSR count). The minimum Gasteiger partial charge on any atom is -0.348 e. The van der Waals surface area contributed by atoms with Gasteiger partial charge in [-0.15, -0.1) is 0 Å². The number of hydrogen-bond donors (Lipinski definition) is 1.